The Hall–Kier alpha value is -1.43. The third kappa shape index (κ3) is 10.9. The maximum absolute atomic E-state index is 11.3. The predicted molar refractivity (Wildman–Crippen MR) is 240 cm³/mol. The Bertz CT molecular complexity index is 1990. The summed E-state index contributed by atoms with van der Waals surface area (Å²) in [6.07, 6.45) is 13.0. The molecule has 0 aromatic rings. The van der Waals surface area contributed by atoms with Crippen molar-refractivity contribution in [3.05, 3.63) is 0 Å². The van der Waals surface area contributed by atoms with Crippen LogP contribution >= 0.6 is 34.7 Å². The van der Waals surface area contributed by atoms with Gasteiger partial charge in [-0.3, -0.25) is 33.6 Å². The van der Waals surface area contributed by atoms with Crippen molar-refractivity contribution < 1.29 is 132 Å². The van der Waals surface area contributed by atoms with E-state index in [1.165, 1.54) is 60.7 Å². The summed E-state index contributed by atoms with van der Waals surface area (Å²) in [6.45, 7) is 5.37. The number of aliphatic carboxylic acids is 1. The van der Waals surface area contributed by atoms with Gasteiger partial charge in [0, 0.05) is 30.0 Å². The molecule has 22 heteroatoms. The fourth-order valence-corrected chi connectivity index (χ4v) is 16.2. The number of esters is 5. The minimum Gasteiger partial charge on any atom is -0.868 e. The van der Waals surface area contributed by atoms with Gasteiger partial charge in [0.15, 0.2) is 5.12 Å². The molecule has 15 saturated carbocycles. The Balaban J connectivity index is 0.000000179. The SMILES string of the molecule is CC([O-])=S.CCC12CC(C(=O)OC)(C1)C2.COC(=O)C12CC(C(=O)O)(C1)C2.COC(=O)C12CC(CO)(C1)C2.COC(=O)C12CC(CS(=O)(=O)Cl)(C1)C2.COC(=O)C12CC(CSC(C)=O)(C1)C2.[K+]. The molecule has 15 aliphatic carbocycles. The van der Waals surface area contributed by atoms with Crippen LogP contribution in [0.2, 0.25) is 0 Å². The molecule has 0 aromatic heterocycles. The van der Waals surface area contributed by atoms with Crippen molar-refractivity contribution in [1.29, 1.82) is 0 Å². The predicted octanol–water partition coefficient (Wildman–Crippen LogP) is 1.68. The number of aliphatic hydroxyl groups is 1. The maximum atomic E-state index is 11.3. The number of ether oxygens (including phenoxy) is 5. The molecule has 0 aliphatic heterocycles. The normalized spacial score (nSPS) is 39.2. The van der Waals surface area contributed by atoms with E-state index in [1.54, 1.807) is 6.92 Å². The van der Waals surface area contributed by atoms with Gasteiger partial charge in [-0.15, -0.1) is 12.2 Å². The van der Waals surface area contributed by atoms with Crippen LogP contribution in [-0.2, 0) is 66.3 Å². The number of carbonyl (C=O) groups excluding carboxylic acids is 6. The van der Waals surface area contributed by atoms with E-state index in [-0.39, 0.29) is 142 Å². The van der Waals surface area contributed by atoms with Crippen LogP contribution in [0.5, 0.6) is 0 Å². The number of halogens is 1. The molecule has 0 heterocycles. The quantitative estimate of drug-likeness (QED) is 0.0926. The zero-order chi connectivity index (χ0) is 49.8. The van der Waals surface area contributed by atoms with Gasteiger partial charge in [-0.05, 0) is 125 Å². The van der Waals surface area contributed by atoms with Gasteiger partial charge in [-0.2, -0.15) is 0 Å². The first-order valence-corrected chi connectivity index (χ1v) is 25.8. The summed E-state index contributed by atoms with van der Waals surface area (Å²) in [4.78, 5) is 77.4. The van der Waals surface area contributed by atoms with Crippen LogP contribution in [0.3, 0.4) is 0 Å². The zero-order valence-corrected chi connectivity index (χ0v) is 46.4. The number of thioether (sulfide) groups is 1. The molecule has 10 bridgehead atoms. The molecular formula is C45H64ClKO17S3. The third-order valence-corrected chi connectivity index (χ3v) is 18.7. The largest absolute Gasteiger partial charge is 1.00 e. The van der Waals surface area contributed by atoms with Gasteiger partial charge in [-0.25, -0.2) is 8.42 Å². The number of carbonyl (C=O) groups is 7. The minimum absolute atomic E-state index is 0. The molecular weight excluding hydrogens is 983 g/mol. The summed E-state index contributed by atoms with van der Waals surface area (Å²) in [5, 5.41) is 26.8. The van der Waals surface area contributed by atoms with Crippen molar-refractivity contribution in [1.82, 2.24) is 0 Å². The Morgan fingerprint density at radius 1 is 0.567 bits per heavy atom. The van der Waals surface area contributed by atoms with Crippen LogP contribution in [0, 0.1) is 54.1 Å². The van der Waals surface area contributed by atoms with E-state index in [9.17, 15) is 47.1 Å². The van der Waals surface area contributed by atoms with Crippen LogP contribution < -0.4 is 56.5 Å². The molecule has 0 saturated heterocycles. The number of carboxylic acids is 1. The first kappa shape index (κ1) is 58.1. The third-order valence-electron chi connectivity index (χ3n) is 16.3. The molecule has 0 spiro atoms. The average Bonchev–Trinajstić information content (AvgIpc) is 3.07. The summed E-state index contributed by atoms with van der Waals surface area (Å²) in [6, 6.07) is 0. The van der Waals surface area contributed by atoms with Gasteiger partial charge in [0.2, 0.25) is 9.05 Å². The number of hydrogen-bond acceptors (Lipinski definition) is 18. The monoisotopic (exact) mass is 1050 g/mol. The summed E-state index contributed by atoms with van der Waals surface area (Å²) in [5.74, 6) is -0.500. The number of aliphatic hydroxyl groups excluding tert-OH is 1. The molecule has 0 atom stereocenters. The number of hydrogen-bond donors (Lipinski definition) is 2. The van der Waals surface area contributed by atoms with Gasteiger partial charge < -0.3 is 39.0 Å². The van der Waals surface area contributed by atoms with Crippen LogP contribution in [0.15, 0.2) is 0 Å². The van der Waals surface area contributed by atoms with Crippen LogP contribution in [0.25, 0.3) is 0 Å². The fourth-order valence-electron chi connectivity index (χ4n) is 13.6. The van der Waals surface area contributed by atoms with Gasteiger partial charge in [0.1, 0.15) is 0 Å². The summed E-state index contributed by atoms with van der Waals surface area (Å²) >= 11 is 5.36. The molecule has 372 valence electrons. The van der Waals surface area contributed by atoms with E-state index < -0.39 is 25.9 Å². The van der Waals surface area contributed by atoms with E-state index in [4.69, 9.17) is 30.4 Å². The molecule has 0 amide bonds. The topological polar surface area (TPSA) is 263 Å². The molecule has 0 aromatic carbocycles. The second-order valence-electron chi connectivity index (χ2n) is 21.6. The second kappa shape index (κ2) is 20.2. The second-order valence-corrected chi connectivity index (χ2v) is 26.1. The maximum Gasteiger partial charge on any atom is 1.00 e. The summed E-state index contributed by atoms with van der Waals surface area (Å²) in [7, 11) is 8.78. The minimum atomic E-state index is -3.44. The van der Waals surface area contributed by atoms with Gasteiger partial charge in [0.25, 0.3) is 0 Å². The van der Waals surface area contributed by atoms with E-state index in [2.05, 4.69) is 33.4 Å². The van der Waals surface area contributed by atoms with Crippen molar-refractivity contribution in [3.8, 4) is 0 Å². The summed E-state index contributed by atoms with van der Waals surface area (Å²) in [5.41, 5.74) is -1.03. The first-order chi connectivity index (χ1) is 30.4. The van der Waals surface area contributed by atoms with Crippen LogP contribution in [-0.4, -0.2) is 118 Å². The van der Waals surface area contributed by atoms with Crippen molar-refractivity contribution in [3.63, 3.8) is 0 Å². The number of carboxylic acid groups (broad SMARTS) is 1. The average molecular weight is 1050 g/mol. The van der Waals surface area contributed by atoms with Crippen LogP contribution in [0.4, 0.5) is 0 Å². The molecule has 15 aliphatic rings. The van der Waals surface area contributed by atoms with Crippen LogP contribution in [0.1, 0.15) is 124 Å². The molecule has 0 radical (unpaired) electrons. The Kier molecular flexibility index (Phi) is 17.6. The van der Waals surface area contributed by atoms with Crippen molar-refractivity contribution in [2.24, 2.45) is 54.1 Å². The van der Waals surface area contributed by atoms with Gasteiger partial charge in [-0.1, -0.05) is 30.2 Å². The molecule has 2 N–H and O–H groups in total. The number of rotatable bonds is 12. The molecule has 0 unspecified atom stereocenters. The summed E-state index contributed by atoms with van der Waals surface area (Å²) < 4.78 is 45.1. The fraction of sp³-hybridized carbons (Fsp3) is 0.822. The van der Waals surface area contributed by atoms with Crippen molar-refractivity contribution >= 4 is 89.7 Å². The Labute approximate surface area is 449 Å². The van der Waals surface area contributed by atoms with Crippen molar-refractivity contribution in [2.45, 2.75) is 124 Å². The smallest absolute Gasteiger partial charge is 0.868 e. The molecule has 15 rings (SSSR count). The standard InChI is InChI=1S/C10H14O3S.C9H14O2.C8H11ClO4S.C8H10O4.C8H12O3.C2H4OS.K/c1-7(11)14-6-9-3-10(4-9,5-9)8(12)13-2;1-3-8-4-9(5-8,6-8)7(10)11-2;1-13-6(10)8-2-7(3-8,4-8)5-14(9,11)12;1-12-6(11)8-2-7(3-8,4-8)5(9)10;1-11-6(10)8-2-7(3-8,4-8)5-9;1-2(3)4;/h3-6H2,1-2H3;3-6H2,1-2H3;2-5H2,1H3;2-4H2,1H3,(H,9,10);9H,2-5H2,1H3;1H3,(H,3,4);/q;;;;;;+1/p-1. The van der Waals surface area contributed by atoms with Gasteiger partial charge in [0.05, 0.1) is 73.8 Å². The van der Waals surface area contributed by atoms with E-state index >= 15 is 0 Å². The molecule has 17 nitrogen and oxygen atoms in total. The van der Waals surface area contributed by atoms with Gasteiger partial charge >= 0.3 is 87.2 Å². The number of methoxy groups -OCH3 is 5. The zero-order valence-electron chi connectivity index (χ0n) is 40.1. The Morgan fingerprint density at radius 2 is 0.836 bits per heavy atom. The molecule has 67 heavy (non-hydrogen) atoms. The van der Waals surface area contributed by atoms with E-state index in [0.29, 0.717) is 43.9 Å². The van der Waals surface area contributed by atoms with E-state index in [1.807, 2.05) is 0 Å². The first-order valence-electron chi connectivity index (χ1n) is 21.9. The Morgan fingerprint density at radius 3 is 1.07 bits per heavy atom. The number of thiocarbonyl (C=S) groups is 1. The van der Waals surface area contributed by atoms with Crippen molar-refractivity contribution in [2.75, 3.05) is 53.7 Å². The van der Waals surface area contributed by atoms with E-state index in [0.717, 1.165) is 63.5 Å². The molecule has 15 fully saturated rings.